The highest BCUT2D eigenvalue weighted by molar-refractivity contribution is 5.73. The van der Waals surface area contributed by atoms with Gasteiger partial charge in [-0.3, -0.25) is 25.0 Å². The van der Waals surface area contributed by atoms with Gasteiger partial charge in [0.2, 0.25) is 0 Å². The molecule has 10 nitrogen and oxygen atoms in total. The standard InChI is InChI=1S/C9H9N3O7/c10-6(9(13)14)4-19-8-2-1-5(11(15)16)3-7(8)12(17)18/h1-3,6H,4,10H2,(H,13,14). The van der Waals surface area contributed by atoms with Crippen molar-refractivity contribution in [3.8, 4) is 5.75 Å². The predicted octanol–water partition coefficient (Wildman–Crippen LogP) is 0.294. The number of rotatable bonds is 6. The lowest BCUT2D eigenvalue weighted by atomic mass is 10.2. The van der Waals surface area contributed by atoms with E-state index < -0.39 is 39.8 Å². The summed E-state index contributed by atoms with van der Waals surface area (Å²) < 4.78 is 4.89. The molecule has 0 heterocycles. The van der Waals surface area contributed by atoms with Gasteiger partial charge in [-0.15, -0.1) is 0 Å². The fourth-order valence-corrected chi connectivity index (χ4v) is 1.13. The van der Waals surface area contributed by atoms with Gasteiger partial charge in [-0.05, 0) is 6.07 Å². The normalized spacial score (nSPS) is 11.6. The number of carboxylic acid groups (broad SMARTS) is 1. The molecule has 0 aliphatic rings. The Bertz CT molecular complexity index is 531. The van der Waals surface area contributed by atoms with Gasteiger partial charge in [0.05, 0.1) is 15.9 Å². The van der Waals surface area contributed by atoms with Gasteiger partial charge in [-0.25, -0.2) is 0 Å². The molecule has 0 aromatic heterocycles. The third-order valence-corrected chi connectivity index (χ3v) is 2.09. The maximum Gasteiger partial charge on any atom is 0.324 e. The van der Waals surface area contributed by atoms with Crippen molar-refractivity contribution < 1.29 is 24.5 Å². The summed E-state index contributed by atoms with van der Waals surface area (Å²) in [5.74, 6) is -1.61. The topological polar surface area (TPSA) is 159 Å². The van der Waals surface area contributed by atoms with Crippen molar-refractivity contribution in [2.45, 2.75) is 6.04 Å². The molecule has 0 saturated heterocycles. The lowest BCUT2D eigenvalue weighted by Gasteiger charge is -2.09. The summed E-state index contributed by atoms with van der Waals surface area (Å²) in [6.45, 7) is -0.492. The lowest BCUT2D eigenvalue weighted by Crippen LogP contribution is -2.36. The van der Waals surface area contributed by atoms with Gasteiger partial charge >= 0.3 is 11.7 Å². The molecule has 102 valence electrons. The summed E-state index contributed by atoms with van der Waals surface area (Å²) in [5.41, 5.74) is 4.06. The number of carbonyl (C=O) groups is 1. The van der Waals surface area contributed by atoms with Crippen LogP contribution in [0.1, 0.15) is 0 Å². The van der Waals surface area contributed by atoms with Gasteiger partial charge in [0.15, 0.2) is 5.75 Å². The van der Waals surface area contributed by atoms with Gasteiger partial charge in [0.25, 0.3) is 5.69 Å². The zero-order chi connectivity index (χ0) is 14.6. The van der Waals surface area contributed by atoms with Crippen LogP contribution in [-0.4, -0.2) is 33.6 Å². The molecule has 1 aromatic carbocycles. The second kappa shape index (κ2) is 5.73. The van der Waals surface area contributed by atoms with Crippen LogP contribution in [0.25, 0.3) is 0 Å². The summed E-state index contributed by atoms with van der Waals surface area (Å²) in [6.07, 6.45) is 0. The highest BCUT2D eigenvalue weighted by Crippen LogP contribution is 2.30. The Morgan fingerprint density at radius 2 is 2.00 bits per heavy atom. The summed E-state index contributed by atoms with van der Waals surface area (Å²) >= 11 is 0. The van der Waals surface area contributed by atoms with Crippen molar-refractivity contribution in [1.82, 2.24) is 0 Å². The average molecular weight is 271 g/mol. The summed E-state index contributed by atoms with van der Waals surface area (Å²) in [7, 11) is 0. The van der Waals surface area contributed by atoms with E-state index in [0.717, 1.165) is 18.2 Å². The first-order chi connectivity index (χ1) is 8.82. The smallest absolute Gasteiger partial charge is 0.324 e. The number of benzene rings is 1. The molecule has 3 N–H and O–H groups in total. The summed E-state index contributed by atoms with van der Waals surface area (Å²) in [6, 6.07) is 1.40. The molecule has 0 fully saturated rings. The van der Waals surface area contributed by atoms with Crippen LogP contribution in [0, 0.1) is 20.2 Å². The molecule has 1 rings (SSSR count). The van der Waals surface area contributed by atoms with Crippen LogP contribution in [0.3, 0.4) is 0 Å². The van der Waals surface area contributed by atoms with Gasteiger partial charge in [0, 0.05) is 6.07 Å². The number of aliphatic carboxylic acids is 1. The maximum absolute atomic E-state index is 10.7. The van der Waals surface area contributed by atoms with E-state index in [1.807, 2.05) is 0 Å². The molecule has 0 amide bonds. The molecule has 0 radical (unpaired) electrons. The lowest BCUT2D eigenvalue weighted by molar-refractivity contribution is -0.394. The van der Waals surface area contributed by atoms with Crippen molar-refractivity contribution in [1.29, 1.82) is 0 Å². The molecular formula is C9H9N3O7. The highest BCUT2D eigenvalue weighted by Gasteiger charge is 2.22. The minimum Gasteiger partial charge on any atom is -0.485 e. The van der Waals surface area contributed by atoms with E-state index in [2.05, 4.69) is 0 Å². The summed E-state index contributed by atoms with van der Waals surface area (Å²) in [5, 5.41) is 29.7. The van der Waals surface area contributed by atoms with Crippen LogP contribution in [0.4, 0.5) is 11.4 Å². The second-order valence-electron chi connectivity index (χ2n) is 3.42. The van der Waals surface area contributed by atoms with Crippen molar-refractivity contribution in [2.24, 2.45) is 5.73 Å². The number of nitro groups is 2. The number of carboxylic acids is 1. The van der Waals surface area contributed by atoms with E-state index in [9.17, 15) is 25.0 Å². The van der Waals surface area contributed by atoms with Gasteiger partial charge in [-0.1, -0.05) is 0 Å². The number of ether oxygens (including phenoxy) is 1. The number of nitrogens with zero attached hydrogens (tertiary/aromatic N) is 2. The average Bonchev–Trinajstić information content (AvgIpc) is 2.35. The van der Waals surface area contributed by atoms with E-state index in [4.69, 9.17) is 15.6 Å². The molecule has 0 aliphatic carbocycles. The largest absolute Gasteiger partial charge is 0.485 e. The van der Waals surface area contributed by atoms with E-state index in [1.54, 1.807) is 0 Å². The number of nitro benzene ring substituents is 2. The minimum atomic E-state index is -1.35. The van der Waals surface area contributed by atoms with Crippen LogP contribution >= 0.6 is 0 Å². The first-order valence-electron chi connectivity index (χ1n) is 4.87. The minimum absolute atomic E-state index is 0.285. The van der Waals surface area contributed by atoms with Crippen LogP contribution in [-0.2, 0) is 4.79 Å². The van der Waals surface area contributed by atoms with E-state index in [0.29, 0.717) is 0 Å². The molecule has 1 aromatic rings. The third-order valence-electron chi connectivity index (χ3n) is 2.09. The van der Waals surface area contributed by atoms with Crippen LogP contribution in [0.15, 0.2) is 18.2 Å². The van der Waals surface area contributed by atoms with Gasteiger partial charge in [-0.2, -0.15) is 0 Å². The van der Waals surface area contributed by atoms with E-state index >= 15 is 0 Å². The first kappa shape index (κ1) is 14.3. The van der Waals surface area contributed by atoms with E-state index in [1.165, 1.54) is 0 Å². The molecule has 0 bridgehead atoms. The van der Waals surface area contributed by atoms with Crippen molar-refractivity contribution in [2.75, 3.05) is 6.61 Å². The molecule has 10 heteroatoms. The van der Waals surface area contributed by atoms with E-state index in [-0.39, 0.29) is 5.75 Å². The third kappa shape index (κ3) is 3.61. The predicted molar refractivity (Wildman–Crippen MR) is 60.9 cm³/mol. The number of hydrogen-bond acceptors (Lipinski definition) is 7. The van der Waals surface area contributed by atoms with Crippen LogP contribution < -0.4 is 10.5 Å². The Labute approximate surface area is 105 Å². The molecule has 19 heavy (non-hydrogen) atoms. The SMILES string of the molecule is NC(COc1ccc([N+](=O)[O-])cc1[N+](=O)[O-])C(=O)O. The fraction of sp³-hybridized carbons (Fsp3) is 0.222. The number of hydrogen-bond donors (Lipinski definition) is 2. The zero-order valence-electron chi connectivity index (χ0n) is 9.38. The maximum atomic E-state index is 10.7. The fourth-order valence-electron chi connectivity index (χ4n) is 1.13. The number of non-ortho nitro benzene ring substituents is 1. The Kier molecular flexibility index (Phi) is 4.32. The Hall–Kier alpha value is -2.75. The molecule has 1 unspecified atom stereocenters. The molecule has 1 atom stereocenters. The second-order valence-corrected chi connectivity index (χ2v) is 3.42. The molecule has 0 spiro atoms. The quantitative estimate of drug-likeness (QED) is 0.551. The highest BCUT2D eigenvalue weighted by atomic mass is 16.6. The molecule has 0 aliphatic heterocycles. The van der Waals surface area contributed by atoms with Crippen molar-refractivity contribution in [3.63, 3.8) is 0 Å². The molecular weight excluding hydrogens is 262 g/mol. The Balaban J connectivity index is 2.97. The van der Waals surface area contributed by atoms with Gasteiger partial charge in [0.1, 0.15) is 12.6 Å². The van der Waals surface area contributed by atoms with Crippen LogP contribution in [0.5, 0.6) is 5.75 Å². The summed E-state index contributed by atoms with van der Waals surface area (Å²) in [4.78, 5) is 30.0. The monoisotopic (exact) mass is 271 g/mol. The van der Waals surface area contributed by atoms with Crippen molar-refractivity contribution in [3.05, 3.63) is 38.4 Å². The Morgan fingerprint density at radius 3 is 2.47 bits per heavy atom. The Morgan fingerprint density at radius 1 is 1.37 bits per heavy atom. The van der Waals surface area contributed by atoms with Gasteiger partial charge < -0.3 is 15.6 Å². The van der Waals surface area contributed by atoms with Crippen molar-refractivity contribution >= 4 is 17.3 Å². The zero-order valence-corrected chi connectivity index (χ0v) is 9.38. The van der Waals surface area contributed by atoms with Crippen LogP contribution in [0.2, 0.25) is 0 Å². The molecule has 0 saturated carbocycles. The number of nitrogens with two attached hydrogens (primary N) is 1. The first-order valence-corrected chi connectivity index (χ1v) is 4.87.